The molecular formula is C20H19N3O4S. The van der Waals surface area contributed by atoms with Crippen LogP contribution in [0.25, 0.3) is 0 Å². The normalized spacial score (nSPS) is 12.6. The molecule has 1 aromatic heterocycles. The minimum absolute atomic E-state index is 0.203. The fraction of sp³-hybridized carbons (Fsp3) is 0.150. The summed E-state index contributed by atoms with van der Waals surface area (Å²) in [7, 11) is -3.68. The molecule has 2 aromatic carbocycles. The molecule has 7 nitrogen and oxygen atoms in total. The van der Waals surface area contributed by atoms with Crippen LogP contribution in [0.1, 0.15) is 12.5 Å². The Morgan fingerprint density at radius 3 is 2.43 bits per heavy atom. The first kappa shape index (κ1) is 18.1. The van der Waals surface area contributed by atoms with Gasteiger partial charge in [-0.1, -0.05) is 19.1 Å². The van der Waals surface area contributed by atoms with E-state index in [0.29, 0.717) is 17.2 Å². The summed E-state index contributed by atoms with van der Waals surface area (Å²) >= 11 is 0. The molecule has 8 heteroatoms. The number of rotatable bonds is 6. The highest BCUT2D eigenvalue weighted by Gasteiger charge is 2.15. The van der Waals surface area contributed by atoms with Crippen molar-refractivity contribution in [2.75, 3.05) is 16.8 Å². The van der Waals surface area contributed by atoms with E-state index < -0.39 is 10.0 Å². The van der Waals surface area contributed by atoms with E-state index in [0.717, 1.165) is 17.7 Å². The van der Waals surface area contributed by atoms with Gasteiger partial charge in [0.15, 0.2) is 11.5 Å². The quantitative estimate of drug-likeness (QED) is 0.655. The predicted octanol–water partition coefficient (Wildman–Crippen LogP) is 3.92. The molecule has 0 bridgehead atoms. The summed E-state index contributed by atoms with van der Waals surface area (Å²) in [6.45, 7) is 2.24. The number of nitrogens with one attached hydrogen (secondary N) is 2. The number of ether oxygens (including phenoxy) is 2. The van der Waals surface area contributed by atoms with Crippen LogP contribution in [0.4, 0.5) is 17.2 Å². The minimum atomic E-state index is -3.68. The standard InChI is InChI=1S/C20H19N3O4S/c1-2-14-3-7-17(8-4-14)28(24,25)23-20-10-6-16(12-21-20)22-15-5-9-18-19(11-15)27-13-26-18/h3-12,22H,2,13H2,1H3,(H,21,23). The van der Waals surface area contributed by atoms with Gasteiger partial charge in [0.2, 0.25) is 6.79 Å². The van der Waals surface area contributed by atoms with Gasteiger partial charge in [-0.3, -0.25) is 4.72 Å². The number of anilines is 3. The van der Waals surface area contributed by atoms with Crippen LogP contribution in [0, 0.1) is 0 Å². The van der Waals surface area contributed by atoms with E-state index in [1.807, 2.05) is 25.1 Å². The summed E-state index contributed by atoms with van der Waals surface area (Å²) in [4.78, 5) is 4.39. The van der Waals surface area contributed by atoms with Crippen LogP contribution in [0.3, 0.4) is 0 Å². The second kappa shape index (κ2) is 7.40. The first-order valence-corrected chi connectivity index (χ1v) is 10.3. The molecule has 0 radical (unpaired) electrons. The maximum absolute atomic E-state index is 12.5. The molecule has 2 heterocycles. The van der Waals surface area contributed by atoms with Crippen LogP contribution in [-0.2, 0) is 16.4 Å². The SMILES string of the molecule is CCc1ccc(S(=O)(=O)Nc2ccc(Nc3ccc4c(c3)OCO4)cn2)cc1. The number of aryl methyl sites for hydroxylation is 1. The molecule has 0 spiro atoms. The van der Waals surface area contributed by atoms with Gasteiger partial charge >= 0.3 is 0 Å². The van der Waals surface area contributed by atoms with Gasteiger partial charge in [0.05, 0.1) is 16.8 Å². The van der Waals surface area contributed by atoms with Gasteiger partial charge in [-0.05, 0) is 48.4 Å². The van der Waals surface area contributed by atoms with Crippen LogP contribution in [0.15, 0.2) is 65.7 Å². The maximum Gasteiger partial charge on any atom is 0.263 e. The second-order valence-corrected chi connectivity index (χ2v) is 7.91. The molecule has 1 aliphatic rings. The van der Waals surface area contributed by atoms with Gasteiger partial charge in [0.25, 0.3) is 10.0 Å². The fourth-order valence-corrected chi connectivity index (χ4v) is 3.78. The number of benzene rings is 2. The first-order valence-electron chi connectivity index (χ1n) is 8.78. The van der Waals surface area contributed by atoms with Gasteiger partial charge in [-0.25, -0.2) is 13.4 Å². The van der Waals surface area contributed by atoms with E-state index in [4.69, 9.17) is 9.47 Å². The lowest BCUT2D eigenvalue weighted by atomic mass is 10.2. The molecular weight excluding hydrogens is 378 g/mol. The zero-order valence-corrected chi connectivity index (χ0v) is 16.0. The molecule has 0 fully saturated rings. The summed E-state index contributed by atoms with van der Waals surface area (Å²) in [6, 6.07) is 15.7. The highest BCUT2D eigenvalue weighted by Crippen LogP contribution is 2.35. The molecule has 144 valence electrons. The molecule has 0 amide bonds. The smallest absolute Gasteiger partial charge is 0.263 e. The topological polar surface area (TPSA) is 89.6 Å². The van der Waals surface area contributed by atoms with Gasteiger partial charge in [0, 0.05) is 11.8 Å². The van der Waals surface area contributed by atoms with Gasteiger partial charge < -0.3 is 14.8 Å². The Balaban J connectivity index is 1.45. The lowest BCUT2D eigenvalue weighted by molar-refractivity contribution is 0.174. The van der Waals surface area contributed by atoms with E-state index in [1.54, 1.807) is 42.6 Å². The van der Waals surface area contributed by atoms with Crippen LogP contribution in [0.5, 0.6) is 11.5 Å². The van der Waals surface area contributed by atoms with Crippen LogP contribution < -0.4 is 19.5 Å². The Morgan fingerprint density at radius 1 is 0.964 bits per heavy atom. The molecule has 4 rings (SSSR count). The van der Waals surface area contributed by atoms with Crippen molar-refractivity contribution >= 4 is 27.2 Å². The van der Waals surface area contributed by atoms with Crippen molar-refractivity contribution in [2.45, 2.75) is 18.2 Å². The van der Waals surface area contributed by atoms with Crippen molar-refractivity contribution in [1.82, 2.24) is 4.98 Å². The molecule has 1 aliphatic heterocycles. The van der Waals surface area contributed by atoms with Crippen molar-refractivity contribution in [3.63, 3.8) is 0 Å². The van der Waals surface area contributed by atoms with E-state index in [-0.39, 0.29) is 17.5 Å². The number of hydrogen-bond acceptors (Lipinski definition) is 6. The van der Waals surface area contributed by atoms with Crippen molar-refractivity contribution in [3.8, 4) is 11.5 Å². The zero-order chi connectivity index (χ0) is 19.6. The summed E-state index contributed by atoms with van der Waals surface area (Å²) in [5.74, 6) is 1.63. The average molecular weight is 397 g/mol. The highest BCUT2D eigenvalue weighted by molar-refractivity contribution is 7.92. The van der Waals surface area contributed by atoms with Crippen LogP contribution in [0.2, 0.25) is 0 Å². The number of pyridine rings is 1. The van der Waals surface area contributed by atoms with E-state index >= 15 is 0 Å². The van der Waals surface area contributed by atoms with Crippen molar-refractivity contribution in [1.29, 1.82) is 0 Å². The second-order valence-electron chi connectivity index (χ2n) is 6.23. The average Bonchev–Trinajstić information content (AvgIpc) is 3.17. The third kappa shape index (κ3) is 3.86. The van der Waals surface area contributed by atoms with Crippen molar-refractivity contribution in [2.24, 2.45) is 0 Å². The largest absolute Gasteiger partial charge is 0.454 e. The van der Waals surface area contributed by atoms with Crippen LogP contribution >= 0.6 is 0 Å². The van der Waals surface area contributed by atoms with Gasteiger partial charge in [0.1, 0.15) is 5.82 Å². The van der Waals surface area contributed by atoms with E-state index in [1.165, 1.54) is 0 Å². The molecule has 0 unspecified atom stereocenters. The summed E-state index contributed by atoms with van der Waals surface area (Å²) in [5, 5.41) is 3.19. The third-order valence-electron chi connectivity index (χ3n) is 4.31. The zero-order valence-electron chi connectivity index (χ0n) is 15.2. The lowest BCUT2D eigenvalue weighted by Crippen LogP contribution is -2.13. The lowest BCUT2D eigenvalue weighted by Gasteiger charge is -2.10. The molecule has 0 atom stereocenters. The molecule has 0 saturated carbocycles. The third-order valence-corrected chi connectivity index (χ3v) is 5.68. The monoisotopic (exact) mass is 397 g/mol. The summed E-state index contributed by atoms with van der Waals surface area (Å²) < 4.78 is 38.1. The van der Waals surface area contributed by atoms with Gasteiger partial charge in [-0.15, -0.1) is 0 Å². The molecule has 28 heavy (non-hydrogen) atoms. The van der Waals surface area contributed by atoms with Crippen LogP contribution in [-0.4, -0.2) is 20.2 Å². The Morgan fingerprint density at radius 2 is 1.71 bits per heavy atom. The maximum atomic E-state index is 12.5. The number of aromatic nitrogens is 1. The van der Waals surface area contributed by atoms with Crippen molar-refractivity contribution < 1.29 is 17.9 Å². The van der Waals surface area contributed by atoms with Crippen molar-refractivity contribution in [3.05, 3.63) is 66.4 Å². The minimum Gasteiger partial charge on any atom is -0.454 e. The number of hydrogen-bond donors (Lipinski definition) is 2. The summed E-state index contributed by atoms with van der Waals surface area (Å²) in [5.41, 5.74) is 2.61. The highest BCUT2D eigenvalue weighted by atomic mass is 32.2. The fourth-order valence-electron chi connectivity index (χ4n) is 2.77. The molecule has 0 aliphatic carbocycles. The summed E-state index contributed by atoms with van der Waals surface area (Å²) in [6.07, 6.45) is 2.41. The Hall–Kier alpha value is -3.26. The molecule has 2 N–H and O–H groups in total. The Kier molecular flexibility index (Phi) is 4.79. The Bertz CT molecular complexity index is 1080. The van der Waals surface area contributed by atoms with E-state index in [2.05, 4.69) is 15.0 Å². The first-order chi connectivity index (χ1) is 13.5. The van der Waals surface area contributed by atoms with E-state index in [9.17, 15) is 8.42 Å². The Labute approximate surface area is 163 Å². The molecule has 0 saturated heterocycles. The molecule has 3 aromatic rings. The van der Waals surface area contributed by atoms with Gasteiger partial charge in [-0.2, -0.15) is 0 Å². The number of sulfonamides is 1. The number of nitrogens with zero attached hydrogens (tertiary/aromatic N) is 1. The number of fused-ring (bicyclic) bond motifs is 1. The predicted molar refractivity (Wildman–Crippen MR) is 107 cm³/mol.